The molecule has 1 saturated heterocycles. The minimum Gasteiger partial charge on any atom is -0.444 e. The molecular weight excluding hydrogens is 473 g/mol. The number of nitrogens with two attached hydrogens (primary N) is 1. The highest BCUT2D eigenvalue weighted by molar-refractivity contribution is 14.0. The van der Waals surface area contributed by atoms with Crippen molar-refractivity contribution in [3.8, 4) is 0 Å². The number of hydrogen-bond donors (Lipinski definition) is 3. The Kier molecular flexibility index (Phi) is 8.99. The van der Waals surface area contributed by atoms with Gasteiger partial charge < -0.3 is 26.0 Å². The number of ether oxygens (including phenoxy) is 1. The topological polar surface area (TPSA) is 109 Å². The van der Waals surface area contributed by atoms with E-state index in [0.717, 1.165) is 12.1 Å². The number of likely N-dealkylation sites (tertiary alicyclic amines) is 1. The molecule has 1 aliphatic heterocycles. The Balaban J connectivity index is 0.00000392. The minimum absolute atomic E-state index is 0. The first-order valence-corrected chi connectivity index (χ1v) is 9.09. The summed E-state index contributed by atoms with van der Waals surface area (Å²) in [7, 11) is 0. The van der Waals surface area contributed by atoms with Gasteiger partial charge in [0.2, 0.25) is 5.91 Å². The molecule has 0 atom stereocenters. The predicted molar refractivity (Wildman–Crippen MR) is 120 cm³/mol. The fourth-order valence-corrected chi connectivity index (χ4v) is 2.50. The van der Waals surface area contributed by atoms with Gasteiger partial charge in [0.05, 0.1) is 12.6 Å². The van der Waals surface area contributed by atoms with Gasteiger partial charge in [0.1, 0.15) is 5.60 Å². The second-order valence-corrected chi connectivity index (χ2v) is 7.48. The number of halogens is 1. The summed E-state index contributed by atoms with van der Waals surface area (Å²) in [5.74, 6) is 0.241. The molecule has 0 unspecified atom stereocenters. The molecule has 2 rings (SSSR count). The molecular formula is C19H30IN5O3. The highest BCUT2D eigenvalue weighted by atomic mass is 127. The van der Waals surface area contributed by atoms with Gasteiger partial charge in [-0.3, -0.25) is 4.79 Å². The van der Waals surface area contributed by atoms with Crippen molar-refractivity contribution < 1.29 is 14.3 Å². The van der Waals surface area contributed by atoms with Crippen molar-refractivity contribution in [2.24, 2.45) is 10.7 Å². The van der Waals surface area contributed by atoms with Crippen LogP contribution in [0.5, 0.6) is 0 Å². The van der Waals surface area contributed by atoms with Crippen LogP contribution in [0.1, 0.15) is 43.6 Å². The maximum absolute atomic E-state index is 12.0. The molecule has 1 aliphatic rings. The van der Waals surface area contributed by atoms with Crippen molar-refractivity contribution in [1.82, 2.24) is 15.5 Å². The summed E-state index contributed by atoms with van der Waals surface area (Å²) in [6.45, 7) is 9.91. The number of carbonyl (C=O) groups is 2. The largest absolute Gasteiger partial charge is 0.444 e. The van der Waals surface area contributed by atoms with Gasteiger partial charge in [0.25, 0.3) is 0 Å². The van der Waals surface area contributed by atoms with E-state index in [1.54, 1.807) is 17.0 Å². The molecule has 0 spiro atoms. The first-order chi connectivity index (χ1) is 12.7. The Hall–Kier alpha value is -2.04. The number of primary amides is 1. The van der Waals surface area contributed by atoms with E-state index in [4.69, 9.17) is 10.5 Å². The molecule has 1 aromatic carbocycles. The van der Waals surface area contributed by atoms with E-state index in [1.165, 1.54) is 0 Å². The van der Waals surface area contributed by atoms with Crippen LogP contribution >= 0.6 is 24.0 Å². The Morgan fingerprint density at radius 3 is 2.36 bits per heavy atom. The number of guanidine groups is 1. The molecule has 4 N–H and O–H groups in total. The third kappa shape index (κ3) is 7.53. The number of amides is 2. The second-order valence-electron chi connectivity index (χ2n) is 7.48. The Bertz CT molecular complexity index is 695. The number of nitrogens with zero attached hydrogens (tertiary/aromatic N) is 2. The summed E-state index contributed by atoms with van der Waals surface area (Å²) in [5.41, 5.74) is 6.20. The van der Waals surface area contributed by atoms with E-state index >= 15 is 0 Å². The van der Waals surface area contributed by atoms with E-state index in [0.29, 0.717) is 31.2 Å². The highest BCUT2D eigenvalue weighted by Crippen LogP contribution is 2.15. The number of benzene rings is 1. The average molecular weight is 503 g/mol. The molecule has 28 heavy (non-hydrogen) atoms. The molecule has 8 nitrogen and oxygen atoms in total. The summed E-state index contributed by atoms with van der Waals surface area (Å²) >= 11 is 0. The van der Waals surface area contributed by atoms with Gasteiger partial charge >= 0.3 is 6.09 Å². The molecule has 0 aromatic heterocycles. The summed E-state index contributed by atoms with van der Waals surface area (Å²) < 4.78 is 5.35. The summed E-state index contributed by atoms with van der Waals surface area (Å²) in [5, 5.41) is 6.51. The third-order valence-electron chi connectivity index (χ3n) is 3.88. The molecule has 0 saturated carbocycles. The quantitative estimate of drug-likeness (QED) is 0.324. The zero-order chi connectivity index (χ0) is 20.0. The van der Waals surface area contributed by atoms with Crippen LogP contribution in [0, 0.1) is 0 Å². The Labute approximate surface area is 183 Å². The summed E-state index contributed by atoms with van der Waals surface area (Å²) in [6.07, 6.45) is -0.294. The van der Waals surface area contributed by atoms with Gasteiger partial charge in [-0.15, -0.1) is 24.0 Å². The first kappa shape index (κ1) is 24.0. The Morgan fingerprint density at radius 2 is 1.86 bits per heavy atom. The molecule has 2 amide bonds. The average Bonchev–Trinajstić information content (AvgIpc) is 2.53. The maximum Gasteiger partial charge on any atom is 0.410 e. The third-order valence-corrected chi connectivity index (χ3v) is 3.88. The van der Waals surface area contributed by atoms with Gasteiger partial charge in [-0.2, -0.15) is 0 Å². The van der Waals surface area contributed by atoms with E-state index in [-0.39, 0.29) is 36.1 Å². The first-order valence-electron chi connectivity index (χ1n) is 9.09. The van der Waals surface area contributed by atoms with Crippen LogP contribution in [0.15, 0.2) is 29.3 Å². The number of rotatable bonds is 5. The zero-order valence-electron chi connectivity index (χ0n) is 16.8. The molecule has 0 radical (unpaired) electrons. The maximum atomic E-state index is 12.0. The van der Waals surface area contributed by atoms with Crippen LogP contribution < -0.4 is 16.4 Å². The Morgan fingerprint density at radius 1 is 1.25 bits per heavy atom. The number of aliphatic imine (C=N–C) groups is 1. The normalized spacial score (nSPS) is 14.6. The lowest BCUT2D eigenvalue weighted by Gasteiger charge is -2.40. The van der Waals surface area contributed by atoms with E-state index in [9.17, 15) is 9.59 Å². The fourth-order valence-electron chi connectivity index (χ4n) is 2.50. The lowest BCUT2D eigenvalue weighted by molar-refractivity contribution is 0.00700. The summed E-state index contributed by atoms with van der Waals surface area (Å²) in [6, 6.07) is 7.19. The predicted octanol–water partition coefficient (Wildman–Crippen LogP) is 2.08. The second kappa shape index (κ2) is 10.5. The van der Waals surface area contributed by atoms with Crippen molar-refractivity contribution in [2.45, 2.75) is 45.9 Å². The van der Waals surface area contributed by atoms with Crippen molar-refractivity contribution in [1.29, 1.82) is 0 Å². The fraction of sp³-hybridized carbons (Fsp3) is 0.526. The minimum atomic E-state index is -0.490. The zero-order valence-corrected chi connectivity index (χ0v) is 19.2. The number of carbonyl (C=O) groups excluding carboxylic acids is 2. The van der Waals surface area contributed by atoms with Gasteiger partial charge in [-0.05, 0) is 45.4 Å². The van der Waals surface area contributed by atoms with E-state index < -0.39 is 11.5 Å². The van der Waals surface area contributed by atoms with E-state index in [2.05, 4.69) is 15.6 Å². The molecule has 0 aliphatic carbocycles. The van der Waals surface area contributed by atoms with Crippen molar-refractivity contribution >= 4 is 41.9 Å². The lowest BCUT2D eigenvalue weighted by Crippen LogP contribution is -2.63. The highest BCUT2D eigenvalue weighted by Gasteiger charge is 2.34. The molecule has 0 bridgehead atoms. The van der Waals surface area contributed by atoms with Crippen LogP contribution in [0.4, 0.5) is 4.79 Å². The summed E-state index contributed by atoms with van der Waals surface area (Å²) in [4.78, 5) is 29.3. The molecule has 1 aromatic rings. The van der Waals surface area contributed by atoms with Crippen LogP contribution in [-0.2, 0) is 11.3 Å². The standard InChI is InChI=1S/C19H29N5O3.HI/c1-5-21-17(22-10-13-6-8-14(9-7-13)16(20)25)23-15-11-24(12-15)18(26)27-19(2,3)4;/h6-9,15H,5,10-12H2,1-4H3,(H2,20,25)(H2,21,22,23);1H. The molecule has 156 valence electrons. The van der Waals surface area contributed by atoms with E-state index in [1.807, 2.05) is 39.8 Å². The van der Waals surface area contributed by atoms with Crippen molar-refractivity contribution in [3.63, 3.8) is 0 Å². The molecule has 1 fully saturated rings. The van der Waals surface area contributed by atoms with Gasteiger partial charge in [0, 0.05) is 25.2 Å². The smallest absolute Gasteiger partial charge is 0.410 e. The number of hydrogen-bond acceptors (Lipinski definition) is 4. The molecule has 1 heterocycles. The van der Waals surface area contributed by atoms with Crippen LogP contribution in [0.3, 0.4) is 0 Å². The van der Waals surface area contributed by atoms with Gasteiger partial charge in [-0.1, -0.05) is 12.1 Å². The monoisotopic (exact) mass is 503 g/mol. The van der Waals surface area contributed by atoms with Crippen LogP contribution in [0.2, 0.25) is 0 Å². The van der Waals surface area contributed by atoms with Crippen molar-refractivity contribution in [2.75, 3.05) is 19.6 Å². The SMILES string of the molecule is CCNC(=NCc1ccc(C(N)=O)cc1)NC1CN(C(=O)OC(C)(C)C)C1.I. The molecule has 9 heteroatoms. The van der Waals surface area contributed by atoms with Crippen LogP contribution in [0.25, 0.3) is 0 Å². The van der Waals surface area contributed by atoms with Gasteiger partial charge in [0.15, 0.2) is 5.96 Å². The van der Waals surface area contributed by atoms with Gasteiger partial charge in [-0.25, -0.2) is 9.79 Å². The van der Waals surface area contributed by atoms with Crippen molar-refractivity contribution in [3.05, 3.63) is 35.4 Å². The lowest BCUT2D eigenvalue weighted by atomic mass is 10.1. The van der Waals surface area contributed by atoms with Crippen LogP contribution in [-0.4, -0.2) is 54.1 Å². The number of nitrogens with one attached hydrogen (secondary N) is 2.